The van der Waals surface area contributed by atoms with Gasteiger partial charge in [-0.25, -0.2) is 4.79 Å². The molecule has 0 saturated heterocycles. The predicted molar refractivity (Wildman–Crippen MR) is 61.5 cm³/mol. The molecule has 80 valence electrons. The molecule has 1 aromatic rings. The van der Waals surface area contributed by atoms with Gasteiger partial charge in [0.2, 0.25) is 0 Å². The summed E-state index contributed by atoms with van der Waals surface area (Å²) in [6.07, 6.45) is 3.68. The standard InChI is InChI=1S/C12H13ClO2/c1-2-11(13)15-12(14)9-8-10-6-4-3-5-7-10/h3-9,11H,2H2,1H3. The van der Waals surface area contributed by atoms with Gasteiger partial charge in [0.1, 0.15) is 0 Å². The van der Waals surface area contributed by atoms with Crippen molar-refractivity contribution >= 4 is 23.6 Å². The first-order valence-electron chi connectivity index (χ1n) is 4.80. The molecule has 0 spiro atoms. The highest BCUT2D eigenvalue weighted by atomic mass is 35.5. The van der Waals surface area contributed by atoms with Crippen LogP contribution in [0.4, 0.5) is 0 Å². The number of ether oxygens (including phenoxy) is 1. The molecule has 0 bridgehead atoms. The van der Waals surface area contributed by atoms with Crippen molar-refractivity contribution < 1.29 is 9.53 Å². The SMILES string of the molecule is CCC(Cl)OC(=O)C=Cc1ccccc1. The van der Waals surface area contributed by atoms with E-state index in [0.29, 0.717) is 6.42 Å². The zero-order valence-corrected chi connectivity index (χ0v) is 9.28. The first kappa shape index (κ1) is 11.8. The normalized spacial score (nSPS) is 12.7. The minimum absolute atomic E-state index is 0.416. The fourth-order valence-corrected chi connectivity index (χ4v) is 1.06. The van der Waals surface area contributed by atoms with Crippen molar-refractivity contribution in [2.45, 2.75) is 18.9 Å². The highest BCUT2D eigenvalue weighted by Gasteiger charge is 2.04. The molecule has 0 aromatic heterocycles. The zero-order valence-electron chi connectivity index (χ0n) is 8.52. The van der Waals surface area contributed by atoms with E-state index in [2.05, 4.69) is 0 Å². The minimum Gasteiger partial charge on any atom is -0.443 e. The fraction of sp³-hybridized carbons (Fsp3) is 0.250. The van der Waals surface area contributed by atoms with Crippen molar-refractivity contribution in [2.24, 2.45) is 0 Å². The first-order chi connectivity index (χ1) is 7.22. The molecule has 2 nitrogen and oxygen atoms in total. The molecule has 1 unspecified atom stereocenters. The van der Waals surface area contributed by atoms with Gasteiger partial charge in [-0.3, -0.25) is 0 Å². The van der Waals surface area contributed by atoms with Crippen LogP contribution in [-0.4, -0.2) is 11.5 Å². The van der Waals surface area contributed by atoms with Gasteiger partial charge in [0, 0.05) is 6.08 Å². The quantitative estimate of drug-likeness (QED) is 0.446. The van der Waals surface area contributed by atoms with Gasteiger partial charge in [0.05, 0.1) is 0 Å². The first-order valence-corrected chi connectivity index (χ1v) is 5.24. The van der Waals surface area contributed by atoms with Crippen molar-refractivity contribution in [3.63, 3.8) is 0 Å². The van der Waals surface area contributed by atoms with Crippen LogP contribution in [-0.2, 0) is 9.53 Å². The van der Waals surface area contributed by atoms with Crippen molar-refractivity contribution in [1.29, 1.82) is 0 Å². The maximum Gasteiger partial charge on any atom is 0.332 e. The molecule has 1 atom stereocenters. The minimum atomic E-state index is -0.544. The second-order valence-corrected chi connectivity index (χ2v) is 3.49. The van der Waals surface area contributed by atoms with Crippen LogP contribution in [0.5, 0.6) is 0 Å². The Morgan fingerprint density at radius 1 is 1.47 bits per heavy atom. The van der Waals surface area contributed by atoms with Crippen LogP contribution in [0.25, 0.3) is 6.08 Å². The molecule has 0 aliphatic rings. The number of alkyl halides is 1. The molecule has 0 radical (unpaired) electrons. The Kier molecular flexibility index (Phi) is 4.91. The second kappa shape index (κ2) is 6.25. The van der Waals surface area contributed by atoms with Crippen LogP contribution in [0.1, 0.15) is 18.9 Å². The van der Waals surface area contributed by atoms with Gasteiger partial charge in [-0.05, 0) is 18.1 Å². The molecule has 1 aromatic carbocycles. The third-order valence-electron chi connectivity index (χ3n) is 1.78. The summed E-state index contributed by atoms with van der Waals surface area (Å²) >= 11 is 5.66. The molecule has 0 heterocycles. The van der Waals surface area contributed by atoms with Crippen LogP contribution >= 0.6 is 11.6 Å². The smallest absolute Gasteiger partial charge is 0.332 e. The van der Waals surface area contributed by atoms with E-state index in [1.807, 2.05) is 37.3 Å². The van der Waals surface area contributed by atoms with E-state index in [-0.39, 0.29) is 0 Å². The molecular weight excluding hydrogens is 212 g/mol. The maximum absolute atomic E-state index is 11.2. The molecule has 3 heteroatoms. The zero-order chi connectivity index (χ0) is 11.1. The molecule has 0 saturated carbocycles. The second-order valence-electron chi connectivity index (χ2n) is 3.00. The van der Waals surface area contributed by atoms with Crippen LogP contribution in [0.3, 0.4) is 0 Å². The largest absolute Gasteiger partial charge is 0.443 e. The summed E-state index contributed by atoms with van der Waals surface area (Å²) in [5.41, 5.74) is 0.412. The van der Waals surface area contributed by atoms with Gasteiger partial charge >= 0.3 is 5.97 Å². The number of hydrogen-bond acceptors (Lipinski definition) is 2. The van der Waals surface area contributed by atoms with E-state index in [1.54, 1.807) is 6.08 Å². The summed E-state index contributed by atoms with van der Waals surface area (Å²) in [7, 11) is 0. The van der Waals surface area contributed by atoms with E-state index in [4.69, 9.17) is 16.3 Å². The average molecular weight is 225 g/mol. The topological polar surface area (TPSA) is 26.3 Å². The van der Waals surface area contributed by atoms with Crippen molar-refractivity contribution in [3.05, 3.63) is 42.0 Å². The lowest BCUT2D eigenvalue weighted by Gasteiger charge is -2.05. The third kappa shape index (κ3) is 4.66. The molecular formula is C12H13ClO2. The van der Waals surface area contributed by atoms with E-state index in [1.165, 1.54) is 6.08 Å². The summed E-state index contributed by atoms with van der Waals surface area (Å²) in [5, 5.41) is 0. The van der Waals surface area contributed by atoms with E-state index < -0.39 is 11.5 Å². The third-order valence-corrected chi connectivity index (χ3v) is 2.17. The number of halogens is 1. The van der Waals surface area contributed by atoms with Gasteiger partial charge < -0.3 is 4.74 Å². The molecule has 15 heavy (non-hydrogen) atoms. The Bertz CT molecular complexity index is 333. The Labute approximate surface area is 94.5 Å². The summed E-state index contributed by atoms with van der Waals surface area (Å²) in [4.78, 5) is 11.2. The average Bonchev–Trinajstić information content (AvgIpc) is 2.27. The summed E-state index contributed by atoms with van der Waals surface area (Å²) in [6.45, 7) is 1.85. The van der Waals surface area contributed by atoms with Crippen LogP contribution in [0.2, 0.25) is 0 Å². The Morgan fingerprint density at radius 3 is 2.73 bits per heavy atom. The fourth-order valence-electron chi connectivity index (χ4n) is 0.977. The summed E-state index contributed by atoms with van der Waals surface area (Å²) in [6, 6.07) is 9.54. The Hall–Kier alpha value is -1.28. The van der Waals surface area contributed by atoms with E-state index in [9.17, 15) is 4.79 Å². The Morgan fingerprint density at radius 2 is 2.13 bits per heavy atom. The monoisotopic (exact) mass is 224 g/mol. The lowest BCUT2D eigenvalue weighted by molar-refractivity contribution is -0.139. The van der Waals surface area contributed by atoms with Crippen LogP contribution < -0.4 is 0 Å². The van der Waals surface area contributed by atoms with E-state index >= 15 is 0 Å². The van der Waals surface area contributed by atoms with Gasteiger partial charge in [-0.15, -0.1) is 0 Å². The molecule has 0 amide bonds. The molecule has 0 N–H and O–H groups in total. The lowest BCUT2D eigenvalue weighted by Crippen LogP contribution is -2.08. The molecule has 0 aliphatic heterocycles. The highest BCUT2D eigenvalue weighted by molar-refractivity contribution is 6.20. The number of esters is 1. The van der Waals surface area contributed by atoms with Gasteiger partial charge in [-0.2, -0.15) is 0 Å². The van der Waals surface area contributed by atoms with Crippen molar-refractivity contribution in [3.8, 4) is 0 Å². The number of carbonyl (C=O) groups excluding carboxylic acids is 1. The van der Waals surface area contributed by atoms with Gasteiger partial charge in [0.15, 0.2) is 5.56 Å². The predicted octanol–water partition coefficient (Wildman–Crippen LogP) is 3.22. The van der Waals surface area contributed by atoms with E-state index in [0.717, 1.165) is 5.56 Å². The van der Waals surface area contributed by atoms with Crippen molar-refractivity contribution in [1.82, 2.24) is 0 Å². The molecule has 0 aliphatic carbocycles. The summed E-state index contributed by atoms with van der Waals surface area (Å²) in [5.74, 6) is -0.416. The number of hydrogen-bond donors (Lipinski definition) is 0. The number of rotatable bonds is 4. The van der Waals surface area contributed by atoms with Crippen molar-refractivity contribution in [2.75, 3.05) is 0 Å². The lowest BCUT2D eigenvalue weighted by atomic mass is 10.2. The van der Waals surface area contributed by atoms with Gasteiger partial charge in [0.25, 0.3) is 0 Å². The number of carbonyl (C=O) groups is 1. The molecule has 1 rings (SSSR count). The van der Waals surface area contributed by atoms with Crippen LogP contribution in [0.15, 0.2) is 36.4 Å². The highest BCUT2D eigenvalue weighted by Crippen LogP contribution is 2.05. The number of benzene rings is 1. The van der Waals surface area contributed by atoms with Gasteiger partial charge in [-0.1, -0.05) is 48.9 Å². The maximum atomic E-state index is 11.2. The summed E-state index contributed by atoms with van der Waals surface area (Å²) < 4.78 is 4.86. The Balaban J connectivity index is 2.48. The van der Waals surface area contributed by atoms with Crippen LogP contribution in [0, 0.1) is 0 Å². The molecule has 0 fully saturated rings.